The third-order valence-corrected chi connectivity index (χ3v) is 2.92. The molecule has 0 fully saturated rings. The summed E-state index contributed by atoms with van der Waals surface area (Å²) in [7, 11) is 0. The molecule has 0 saturated carbocycles. The van der Waals surface area contributed by atoms with Gasteiger partial charge in [0.15, 0.2) is 0 Å². The molecule has 0 radical (unpaired) electrons. The van der Waals surface area contributed by atoms with E-state index in [1.165, 1.54) is 11.1 Å². The quantitative estimate of drug-likeness (QED) is 0.851. The Morgan fingerprint density at radius 1 is 1.24 bits per heavy atom. The molecule has 1 aromatic carbocycles. The fourth-order valence-corrected chi connectivity index (χ4v) is 2.09. The number of H-pyrrole nitrogens is 1. The number of rotatable bonds is 3. The van der Waals surface area contributed by atoms with Crippen LogP contribution in [0.15, 0.2) is 18.2 Å². The van der Waals surface area contributed by atoms with Gasteiger partial charge in [-0.15, -0.1) is 0 Å². The highest BCUT2D eigenvalue weighted by molar-refractivity contribution is 5.66. The van der Waals surface area contributed by atoms with Crippen molar-refractivity contribution in [1.29, 1.82) is 0 Å². The Labute approximate surface area is 102 Å². The minimum atomic E-state index is 0.124. The number of benzene rings is 1. The zero-order valence-electron chi connectivity index (χ0n) is 10.5. The Balaban J connectivity index is 2.45. The molecule has 3 nitrogen and oxygen atoms in total. The molecular formula is C14H18N2O. The lowest BCUT2D eigenvalue weighted by Crippen LogP contribution is -1.92. The van der Waals surface area contributed by atoms with Crippen LogP contribution < -0.4 is 0 Å². The molecule has 2 aromatic rings. The number of imidazole rings is 1. The number of aliphatic hydroxyl groups excluding tert-OH is 1. The fraction of sp³-hybridized carbons (Fsp3) is 0.357. The van der Waals surface area contributed by atoms with Gasteiger partial charge in [-0.1, -0.05) is 23.8 Å². The second-order valence-electron chi connectivity index (χ2n) is 4.45. The highest BCUT2D eigenvalue weighted by Crippen LogP contribution is 2.25. The summed E-state index contributed by atoms with van der Waals surface area (Å²) in [6.45, 7) is 6.33. The summed E-state index contributed by atoms with van der Waals surface area (Å²) in [6.07, 6.45) is 0.575. The molecule has 0 aliphatic carbocycles. The summed E-state index contributed by atoms with van der Waals surface area (Å²) in [6, 6.07) is 6.37. The van der Waals surface area contributed by atoms with E-state index in [-0.39, 0.29) is 6.61 Å². The monoisotopic (exact) mass is 230 g/mol. The van der Waals surface area contributed by atoms with Crippen molar-refractivity contribution in [3.63, 3.8) is 0 Å². The van der Waals surface area contributed by atoms with Crippen LogP contribution in [-0.2, 0) is 6.42 Å². The van der Waals surface area contributed by atoms with E-state index >= 15 is 0 Å². The zero-order chi connectivity index (χ0) is 12.4. The largest absolute Gasteiger partial charge is 0.396 e. The maximum atomic E-state index is 8.92. The number of nitrogens with one attached hydrogen (secondary N) is 1. The Bertz CT molecular complexity index is 529. The average molecular weight is 230 g/mol. The lowest BCUT2D eigenvalue weighted by atomic mass is 10.0. The standard InChI is InChI=1S/C14H18N2O/c1-9-4-5-12(10(2)8-9)14-11(3)15-13(16-14)6-7-17/h4-5,8,17H,6-7H2,1-3H3,(H,15,16). The number of aromatic nitrogens is 2. The summed E-state index contributed by atoms with van der Waals surface area (Å²) in [5.74, 6) is 0.847. The van der Waals surface area contributed by atoms with Crippen molar-refractivity contribution >= 4 is 0 Å². The molecule has 0 unspecified atom stereocenters. The van der Waals surface area contributed by atoms with E-state index in [9.17, 15) is 0 Å². The molecule has 1 aromatic heterocycles. The first-order chi connectivity index (χ1) is 8.11. The van der Waals surface area contributed by atoms with E-state index in [0.29, 0.717) is 6.42 Å². The van der Waals surface area contributed by atoms with Crippen LogP contribution in [0, 0.1) is 20.8 Å². The van der Waals surface area contributed by atoms with Crippen molar-refractivity contribution in [3.05, 3.63) is 40.8 Å². The van der Waals surface area contributed by atoms with E-state index in [4.69, 9.17) is 5.11 Å². The van der Waals surface area contributed by atoms with Crippen molar-refractivity contribution in [2.75, 3.05) is 6.61 Å². The second-order valence-corrected chi connectivity index (χ2v) is 4.45. The number of nitrogens with zero attached hydrogens (tertiary/aromatic N) is 1. The van der Waals surface area contributed by atoms with Gasteiger partial charge >= 0.3 is 0 Å². The molecule has 0 atom stereocenters. The summed E-state index contributed by atoms with van der Waals surface area (Å²) in [5, 5.41) is 8.92. The summed E-state index contributed by atoms with van der Waals surface area (Å²) in [5.41, 5.74) is 5.70. The van der Waals surface area contributed by atoms with Crippen molar-refractivity contribution in [2.45, 2.75) is 27.2 Å². The number of hydrogen-bond donors (Lipinski definition) is 2. The van der Waals surface area contributed by atoms with E-state index in [2.05, 4.69) is 42.0 Å². The molecule has 0 aliphatic heterocycles. The molecule has 3 heteroatoms. The Morgan fingerprint density at radius 2 is 2.00 bits per heavy atom. The topological polar surface area (TPSA) is 48.9 Å². The smallest absolute Gasteiger partial charge is 0.109 e. The third kappa shape index (κ3) is 2.39. The highest BCUT2D eigenvalue weighted by atomic mass is 16.3. The van der Waals surface area contributed by atoms with Crippen molar-refractivity contribution in [1.82, 2.24) is 9.97 Å². The van der Waals surface area contributed by atoms with Gasteiger partial charge in [0, 0.05) is 17.7 Å². The van der Waals surface area contributed by atoms with Crippen LogP contribution in [0.25, 0.3) is 11.3 Å². The first-order valence-electron chi connectivity index (χ1n) is 5.86. The zero-order valence-corrected chi connectivity index (χ0v) is 10.5. The maximum Gasteiger partial charge on any atom is 0.109 e. The van der Waals surface area contributed by atoms with Crippen LogP contribution >= 0.6 is 0 Å². The number of aliphatic hydroxyl groups is 1. The van der Waals surface area contributed by atoms with Crippen molar-refractivity contribution in [3.8, 4) is 11.3 Å². The third-order valence-electron chi connectivity index (χ3n) is 2.92. The molecule has 0 aliphatic rings. The molecule has 90 valence electrons. The van der Waals surface area contributed by atoms with Gasteiger partial charge < -0.3 is 10.1 Å². The summed E-state index contributed by atoms with van der Waals surface area (Å²) < 4.78 is 0. The molecule has 17 heavy (non-hydrogen) atoms. The van der Waals surface area contributed by atoms with Crippen LogP contribution in [-0.4, -0.2) is 21.7 Å². The van der Waals surface area contributed by atoms with Gasteiger partial charge in [0.05, 0.1) is 12.3 Å². The molecule has 0 spiro atoms. The van der Waals surface area contributed by atoms with Gasteiger partial charge in [-0.05, 0) is 26.3 Å². The van der Waals surface area contributed by atoms with Gasteiger partial charge in [0.1, 0.15) is 5.82 Å². The Hall–Kier alpha value is -1.61. The average Bonchev–Trinajstić information content (AvgIpc) is 2.60. The van der Waals surface area contributed by atoms with E-state index in [1.807, 2.05) is 6.92 Å². The van der Waals surface area contributed by atoms with Gasteiger partial charge in [0.25, 0.3) is 0 Å². The van der Waals surface area contributed by atoms with Crippen LogP contribution in [0.2, 0.25) is 0 Å². The predicted molar refractivity (Wildman–Crippen MR) is 69.0 cm³/mol. The summed E-state index contributed by atoms with van der Waals surface area (Å²) in [4.78, 5) is 7.76. The normalized spacial score (nSPS) is 10.8. The lowest BCUT2D eigenvalue weighted by Gasteiger charge is -2.04. The minimum Gasteiger partial charge on any atom is -0.396 e. The van der Waals surface area contributed by atoms with Gasteiger partial charge in [-0.2, -0.15) is 0 Å². The van der Waals surface area contributed by atoms with Crippen LogP contribution in [0.4, 0.5) is 0 Å². The molecule has 2 rings (SSSR count). The molecule has 0 amide bonds. The molecule has 2 N–H and O–H groups in total. The molecule has 0 saturated heterocycles. The Morgan fingerprint density at radius 3 is 2.65 bits per heavy atom. The number of aromatic amines is 1. The maximum absolute atomic E-state index is 8.92. The predicted octanol–water partition coefficient (Wildman–Crippen LogP) is 2.54. The molecule has 1 heterocycles. The number of hydrogen-bond acceptors (Lipinski definition) is 2. The van der Waals surface area contributed by atoms with Crippen molar-refractivity contribution < 1.29 is 5.11 Å². The first-order valence-corrected chi connectivity index (χ1v) is 5.86. The minimum absolute atomic E-state index is 0.124. The highest BCUT2D eigenvalue weighted by Gasteiger charge is 2.10. The van der Waals surface area contributed by atoms with Crippen LogP contribution in [0.3, 0.4) is 0 Å². The first kappa shape index (κ1) is 11.9. The van der Waals surface area contributed by atoms with E-state index in [0.717, 1.165) is 22.8 Å². The van der Waals surface area contributed by atoms with Crippen LogP contribution in [0.5, 0.6) is 0 Å². The fourth-order valence-electron chi connectivity index (χ4n) is 2.09. The van der Waals surface area contributed by atoms with Gasteiger partial charge in [-0.3, -0.25) is 0 Å². The number of aryl methyl sites for hydroxylation is 3. The van der Waals surface area contributed by atoms with E-state index < -0.39 is 0 Å². The van der Waals surface area contributed by atoms with Gasteiger partial charge in [-0.25, -0.2) is 4.98 Å². The summed E-state index contributed by atoms with van der Waals surface area (Å²) >= 11 is 0. The van der Waals surface area contributed by atoms with Crippen LogP contribution in [0.1, 0.15) is 22.6 Å². The van der Waals surface area contributed by atoms with Gasteiger partial charge in [0.2, 0.25) is 0 Å². The van der Waals surface area contributed by atoms with E-state index in [1.54, 1.807) is 0 Å². The lowest BCUT2D eigenvalue weighted by molar-refractivity contribution is 0.297. The Kier molecular flexibility index (Phi) is 3.29. The SMILES string of the molecule is Cc1ccc(-c2nc(CCO)[nH]c2C)c(C)c1. The van der Waals surface area contributed by atoms with Crippen molar-refractivity contribution in [2.24, 2.45) is 0 Å². The molecule has 0 bridgehead atoms. The molecular weight excluding hydrogens is 212 g/mol. The second kappa shape index (κ2) is 4.72.